The number of fused-ring (bicyclic) bond motifs is 3. The number of carboxylic acid groups (broad SMARTS) is 1. The molecule has 2 aromatic heterocycles. The van der Waals surface area contributed by atoms with Gasteiger partial charge >= 0.3 is 12.1 Å². The number of alkyl halides is 3. The number of methoxy groups -OCH3 is 1. The summed E-state index contributed by atoms with van der Waals surface area (Å²) in [6.07, 6.45) is -1.29. The molecular formula is C25H25F3N4O4. The average molecular weight is 502 g/mol. The van der Waals surface area contributed by atoms with Crippen molar-refractivity contribution in [2.45, 2.75) is 31.3 Å². The summed E-state index contributed by atoms with van der Waals surface area (Å²) in [4.78, 5) is 30.9. The van der Waals surface area contributed by atoms with Gasteiger partial charge in [0, 0.05) is 44.1 Å². The Bertz CT molecular complexity index is 1220. The van der Waals surface area contributed by atoms with Crippen LogP contribution in [0.5, 0.6) is 5.88 Å². The Balaban J connectivity index is 0.000000384. The van der Waals surface area contributed by atoms with Gasteiger partial charge in [-0.2, -0.15) is 13.2 Å². The molecule has 1 amide bonds. The number of carboxylic acids is 1. The van der Waals surface area contributed by atoms with Gasteiger partial charge in [-0.3, -0.25) is 9.69 Å². The Morgan fingerprint density at radius 1 is 1.06 bits per heavy atom. The van der Waals surface area contributed by atoms with Crippen molar-refractivity contribution in [2.75, 3.05) is 20.2 Å². The van der Waals surface area contributed by atoms with Gasteiger partial charge < -0.3 is 19.3 Å². The fourth-order valence-corrected chi connectivity index (χ4v) is 4.66. The van der Waals surface area contributed by atoms with E-state index in [0.29, 0.717) is 12.4 Å². The molecule has 1 fully saturated rings. The van der Waals surface area contributed by atoms with Crippen LogP contribution < -0.4 is 4.74 Å². The number of hydrogen-bond acceptors (Lipinski definition) is 5. The minimum atomic E-state index is -5.08. The standard InChI is InChI=1S/C23H24N4O2.C2HF3O2/c1-29-22-18(9-5-11-24-22)14-25-15-20-21(16-25)27(13-17-7-3-2-4-8-17)23(28)19-10-6-12-26(19)20;3-2(4,5)1(6)7/h2-12,20-21H,13-16H2,1H3;(H,6,7)/t20-,21+;/m0./s1. The Labute approximate surface area is 205 Å². The Hall–Kier alpha value is -3.86. The molecule has 1 aromatic carbocycles. The van der Waals surface area contributed by atoms with Crippen LogP contribution >= 0.6 is 0 Å². The molecular weight excluding hydrogens is 477 g/mol. The topological polar surface area (TPSA) is 87.9 Å². The van der Waals surface area contributed by atoms with E-state index >= 15 is 0 Å². The number of rotatable bonds is 5. The highest BCUT2D eigenvalue weighted by atomic mass is 19.4. The molecule has 2 atom stereocenters. The van der Waals surface area contributed by atoms with Crippen molar-refractivity contribution >= 4 is 11.9 Å². The number of ether oxygens (including phenoxy) is 1. The van der Waals surface area contributed by atoms with Gasteiger partial charge in [0.2, 0.25) is 5.88 Å². The first-order valence-electron chi connectivity index (χ1n) is 11.2. The van der Waals surface area contributed by atoms with Crippen LogP contribution in [0.2, 0.25) is 0 Å². The van der Waals surface area contributed by atoms with Gasteiger partial charge in [0.25, 0.3) is 5.91 Å². The number of carbonyl (C=O) groups is 2. The summed E-state index contributed by atoms with van der Waals surface area (Å²) < 4.78 is 39.3. The maximum Gasteiger partial charge on any atom is 0.490 e. The molecule has 1 N–H and O–H groups in total. The van der Waals surface area contributed by atoms with Crippen LogP contribution in [0.3, 0.4) is 0 Å². The van der Waals surface area contributed by atoms with E-state index in [1.807, 2.05) is 42.6 Å². The summed E-state index contributed by atoms with van der Waals surface area (Å²) in [6.45, 7) is 3.12. The zero-order chi connectivity index (χ0) is 25.9. The zero-order valence-electron chi connectivity index (χ0n) is 19.4. The maximum atomic E-state index is 13.2. The highest BCUT2D eigenvalue weighted by molar-refractivity contribution is 5.94. The molecule has 3 aromatic rings. The predicted molar refractivity (Wildman–Crippen MR) is 123 cm³/mol. The Morgan fingerprint density at radius 3 is 2.42 bits per heavy atom. The molecule has 0 bridgehead atoms. The molecule has 11 heteroatoms. The van der Waals surface area contributed by atoms with Gasteiger partial charge in [-0.15, -0.1) is 0 Å². The van der Waals surface area contributed by atoms with Crippen molar-refractivity contribution in [3.8, 4) is 5.88 Å². The van der Waals surface area contributed by atoms with Crippen molar-refractivity contribution in [2.24, 2.45) is 0 Å². The normalized spacial score (nSPS) is 19.2. The van der Waals surface area contributed by atoms with Gasteiger partial charge in [0.1, 0.15) is 5.69 Å². The van der Waals surface area contributed by atoms with Crippen LogP contribution in [-0.4, -0.2) is 68.8 Å². The minimum absolute atomic E-state index is 0.112. The molecule has 0 aliphatic carbocycles. The first-order chi connectivity index (χ1) is 17.2. The van der Waals surface area contributed by atoms with Crippen LogP contribution in [0.15, 0.2) is 67.0 Å². The average Bonchev–Trinajstić information content (AvgIpc) is 3.50. The first kappa shape index (κ1) is 25.2. The molecule has 8 nitrogen and oxygen atoms in total. The van der Waals surface area contributed by atoms with Gasteiger partial charge in [0.15, 0.2) is 0 Å². The lowest BCUT2D eigenvalue weighted by Crippen LogP contribution is -2.49. The third kappa shape index (κ3) is 5.35. The van der Waals surface area contributed by atoms with E-state index in [0.717, 1.165) is 36.5 Å². The second-order valence-electron chi connectivity index (χ2n) is 8.52. The monoisotopic (exact) mass is 502 g/mol. The molecule has 0 saturated carbocycles. The number of carbonyl (C=O) groups excluding carboxylic acids is 1. The number of amides is 1. The lowest BCUT2D eigenvalue weighted by Gasteiger charge is -2.38. The van der Waals surface area contributed by atoms with Crippen molar-refractivity contribution < 1.29 is 32.6 Å². The summed E-state index contributed by atoms with van der Waals surface area (Å²) in [5, 5.41) is 7.12. The van der Waals surface area contributed by atoms with Crippen LogP contribution in [0.25, 0.3) is 0 Å². The SMILES string of the molecule is COc1ncccc1CN1C[C@@H]2[C@H](C1)n1cccc1C(=O)N2Cc1ccccc1.O=C(O)C(F)(F)F. The number of nitrogens with zero attached hydrogens (tertiary/aromatic N) is 4. The van der Waals surface area contributed by atoms with E-state index in [9.17, 15) is 18.0 Å². The molecule has 36 heavy (non-hydrogen) atoms. The number of likely N-dealkylation sites (tertiary alicyclic amines) is 1. The molecule has 1 saturated heterocycles. The van der Waals surface area contributed by atoms with Crippen LogP contribution in [0.1, 0.15) is 27.7 Å². The van der Waals surface area contributed by atoms with Gasteiger partial charge in [-0.25, -0.2) is 9.78 Å². The molecule has 2 aliphatic heterocycles. The molecule has 190 valence electrons. The lowest BCUT2D eigenvalue weighted by molar-refractivity contribution is -0.192. The van der Waals surface area contributed by atoms with Crippen molar-refractivity contribution in [1.82, 2.24) is 19.4 Å². The third-order valence-electron chi connectivity index (χ3n) is 6.23. The smallest absolute Gasteiger partial charge is 0.481 e. The quantitative estimate of drug-likeness (QED) is 0.574. The number of aliphatic carboxylic acids is 1. The Kier molecular flexibility index (Phi) is 7.30. The van der Waals surface area contributed by atoms with E-state index in [2.05, 4.69) is 37.5 Å². The largest absolute Gasteiger partial charge is 0.490 e. The predicted octanol–water partition coefficient (Wildman–Crippen LogP) is 3.61. The highest BCUT2D eigenvalue weighted by Gasteiger charge is 2.45. The van der Waals surface area contributed by atoms with E-state index in [1.54, 1.807) is 13.3 Å². The first-order valence-corrected chi connectivity index (χ1v) is 11.2. The van der Waals surface area contributed by atoms with Crippen LogP contribution in [0.4, 0.5) is 13.2 Å². The van der Waals surface area contributed by atoms with E-state index < -0.39 is 12.1 Å². The van der Waals surface area contributed by atoms with Crippen LogP contribution in [0, 0.1) is 0 Å². The number of pyridine rings is 1. The second-order valence-corrected chi connectivity index (χ2v) is 8.52. The fraction of sp³-hybridized carbons (Fsp3) is 0.320. The molecule has 5 rings (SSSR count). The van der Waals surface area contributed by atoms with E-state index in [-0.39, 0.29) is 18.0 Å². The Morgan fingerprint density at radius 2 is 1.75 bits per heavy atom. The maximum absolute atomic E-state index is 13.2. The summed E-state index contributed by atoms with van der Waals surface area (Å²) in [7, 11) is 1.65. The van der Waals surface area contributed by atoms with E-state index in [4.69, 9.17) is 14.6 Å². The summed E-state index contributed by atoms with van der Waals surface area (Å²) in [6, 6.07) is 18.5. The third-order valence-corrected chi connectivity index (χ3v) is 6.23. The highest BCUT2D eigenvalue weighted by Crippen LogP contribution is 2.35. The summed E-state index contributed by atoms with van der Waals surface area (Å²) >= 11 is 0. The summed E-state index contributed by atoms with van der Waals surface area (Å²) in [5.74, 6) is -1.98. The van der Waals surface area contributed by atoms with Crippen LogP contribution in [-0.2, 0) is 17.9 Å². The number of benzene rings is 1. The molecule has 0 radical (unpaired) electrons. The fourth-order valence-electron chi connectivity index (χ4n) is 4.66. The summed E-state index contributed by atoms with van der Waals surface area (Å²) in [5.41, 5.74) is 3.01. The second kappa shape index (κ2) is 10.4. The number of halogens is 3. The number of aromatic nitrogens is 2. The molecule has 0 spiro atoms. The zero-order valence-corrected chi connectivity index (χ0v) is 19.4. The molecule has 0 unspecified atom stereocenters. The van der Waals surface area contributed by atoms with Gasteiger partial charge in [-0.1, -0.05) is 36.4 Å². The van der Waals surface area contributed by atoms with Gasteiger partial charge in [0.05, 0.1) is 19.2 Å². The molecule has 4 heterocycles. The van der Waals surface area contributed by atoms with Crippen molar-refractivity contribution in [3.63, 3.8) is 0 Å². The van der Waals surface area contributed by atoms with Crippen molar-refractivity contribution in [1.29, 1.82) is 0 Å². The molecule has 2 aliphatic rings. The van der Waals surface area contributed by atoms with Crippen molar-refractivity contribution in [3.05, 3.63) is 83.8 Å². The van der Waals surface area contributed by atoms with E-state index in [1.165, 1.54) is 0 Å². The minimum Gasteiger partial charge on any atom is -0.481 e. The lowest BCUT2D eigenvalue weighted by atomic mass is 10.0. The van der Waals surface area contributed by atoms with Gasteiger partial charge in [-0.05, 0) is 23.8 Å². The number of hydrogen-bond donors (Lipinski definition) is 1.